The second-order valence-electron chi connectivity index (χ2n) is 3.09. The molecule has 1 aromatic rings. The van der Waals surface area contributed by atoms with Crippen LogP contribution in [0.1, 0.15) is 6.04 Å². The quantitative estimate of drug-likeness (QED) is 0.615. The van der Waals surface area contributed by atoms with Crippen molar-refractivity contribution in [2.45, 2.75) is 6.04 Å². The van der Waals surface area contributed by atoms with E-state index < -0.39 is 0 Å². The third-order valence-electron chi connectivity index (χ3n) is 2.25. The van der Waals surface area contributed by atoms with Gasteiger partial charge in [-0.3, -0.25) is 9.48 Å². The Morgan fingerprint density at radius 1 is 1.62 bits per heavy atom. The number of hydrogen-bond donors (Lipinski definition) is 0. The van der Waals surface area contributed by atoms with Crippen LogP contribution in [0.2, 0.25) is 0 Å². The van der Waals surface area contributed by atoms with Crippen molar-refractivity contribution in [3.63, 3.8) is 0 Å². The lowest BCUT2D eigenvalue weighted by atomic mass is 10.1. The molecule has 0 N–H and O–H groups in total. The summed E-state index contributed by atoms with van der Waals surface area (Å²) in [7, 11) is 0. The summed E-state index contributed by atoms with van der Waals surface area (Å²) in [5.74, 6) is 0.00315. The SMILES string of the molecule is C=CC(=O)N1CC(n2cccn2)C1. The average molecular weight is 177 g/mol. The smallest absolute Gasteiger partial charge is 0.246 e. The third-order valence-corrected chi connectivity index (χ3v) is 2.25. The minimum absolute atomic E-state index is 0.00315. The summed E-state index contributed by atoms with van der Waals surface area (Å²) in [5.41, 5.74) is 0. The Balaban J connectivity index is 1.92. The molecule has 0 aromatic carbocycles. The molecule has 1 fully saturated rings. The highest BCUT2D eigenvalue weighted by Crippen LogP contribution is 2.19. The molecule has 4 heteroatoms. The predicted molar refractivity (Wildman–Crippen MR) is 48.0 cm³/mol. The van der Waals surface area contributed by atoms with Crippen LogP contribution in [0.5, 0.6) is 0 Å². The maximum Gasteiger partial charge on any atom is 0.246 e. The van der Waals surface area contributed by atoms with E-state index in [2.05, 4.69) is 11.7 Å². The van der Waals surface area contributed by atoms with E-state index in [9.17, 15) is 4.79 Å². The molecule has 4 nitrogen and oxygen atoms in total. The molecule has 1 aliphatic rings. The highest BCUT2D eigenvalue weighted by atomic mass is 16.2. The molecule has 0 aliphatic carbocycles. The first-order valence-corrected chi connectivity index (χ1v) is 4.21. The molecular formula is C9H11N3O. The summed E-state index contributed by atoms with van der Waals surface area (Å²) in [5, 5.41) is 4.11. The van der Waals surface area contributed by atoms with Gasteiger partial charge in [0, 0.05) is 25.5 Å². The van der Waals surface area contributed by atoms with Crippen molar-refractivity contribution in [1.29, 1.82) is 0 Å². The molecule has 0 spiro atoms. The summed E-state index contributed by atoms with van der Waals surface area (Å²) in [6, 6.07) is 2.23. The summed E-state index contributed by atoms with van der Waals surface area (Å²) >= 11 is 0. The topological polar surface area (TPSA) is 38.1 Å². The van der Waals surface area contributed by atoms with Gasteiger partial charge >= 0.3 is 0 Å². The van der Waals surface area contributed by atoms with Gasteiger partial charge in [-0.15, -0.1) is 0 Å². The monoisotopic (exact) mass is 177 g/mol. The molecule has 1 saturated heterocycles. The van der Waals surface area contributed by atoms with Crippen molar-refractivity contribution in [2.24, 2.45) is 0 Å². The number of amides is 1. The van der Waals surface area contributed by atoms with Gasteiger partial charge in [0.15, 0.2) is 0 Å². The van der Waals surface area contributed by atoms with Crippen molar-refractivity contribution in [1.82, 2.24) is 14.7 Å². The maximum absolute atomic E-state index is 11.1. The van der Waals surface area contributed by atoms with Gasteiger partial charge in [0.1, 0.15) is 0 Å². The van der Waals surface area contributed by atoms with Crippen LogP contribution in [-0.2, 0) is 4.79 Å². The van der Waals surface area contributed by atoms with Crippen LogP contribution in [0.15, 0.2) is 31.1 Å². The van der Waals surface area contributed by atoms with Gasteiger partial charge in [-0.25, -0.2) is 0 Å². The Bertz CT molecular complexity index is 312. The van der Waals surface area contributed by atoms with E-state index in [1.54, 1.807) is 11.1 Å². The van der Waals surface area contributed by atoms with Crippen molar-refractivity contribution in [3.8, 4) is 0 Å². The average Bonchev–Trinajstić information content (AvgIpc) is 2.54. The molecule has 1 amide bonds. The third kappa shape index (κ3) is 1.35. The number of carbonyl (C=O) groups excluding carboxylic acids is 1. The van der Waals surface area contributed by atoms with Gasteiger partial charge in [-0.05, 0) is 12.1 Å². The molecule has 1 aromatic heterocycles. The normalized spacial score (nSPS) is 16.8. The van der Waals surface area contributed by atoms with E-state index >= 15 is 0 Å². The second kappa shape index (κ2) is 3.05. The van der Waals surface area contributed by atoms with Crippen LogP contribution in [0.25, 0.3) is 0 Å². The van der Waals surface area contributed by atoms with Crippen LogP contribution in [0, 0.1) is 0 Å². The lowest BCUT2D eigenvalue weighted by Gasteiger charge is -2.38. The lowest BCUT2D eigenvalue weighted by Crippen LogP contribution is -2.50. The van der Waals surface area contributed by atoms with Crippen LogP contribution < -0.4 is 0 Å². The minimum atomic E-state index is 0.00315. The van der Waals surface area contributed by atoms with Crippen LogP contribution in [0.3, 0.4) is 0 Å². The lowest BCUT2D eigenvalue weighted by molar-refractivity contribution is -0.131. The van der Waals surface area contributed by atoms with Crippen LogP contribution in [0.4, 0.5) is 0 Å². The number of rotatable bonds is 2. The highest BCUT2D eigenvalue weighted by Gasteiger charge is 2.30. The molecule has 2 rings (SSSR count). The van der Waals surface area contributed by atoms with Crippen molar-refractivity contribution < 1.29 is 4.79 Å². The molecule has 0 bridgehead atoms. The summed E-state index contributed by atoms with van der Waals surface area (Å²) in [6.45, 7) is 4.92. The molecule has 0 saturated carbocycles. The molecule has 0 atom stereocenters. The Hall–Kier alpha value is -1.58. The van der Waals surface area contributed by atoms with Gasteiger partial charge in [0.2, 0.25) is 5.91 Å². The van der Waals surface area contributed by atoms with E-state index in [4.69, 9.17) is 0 Å². The number of likely N-dealkylation sites (tertiary alicyclic amines) is 1. The number of carbonyl (C=O) groups is 1. The fourth-order valence-electron chi connectivity index (χ4n) is 1.43. The number of hydrogen-bond acceptors (Lipinski definition) is 2. The summed E-state index contributed by atoms with van der Waals surface area (Å²) in [4.78, 5) is 12.8. The fourth-order valence-corrected chi connectivity index (χ4v) is 1.43. The number of aromatic nitrogens is 2. The molecule has 1 aliphatic heterocycles. The van der Waals surface area contributed by atoms with Crippen LogP contribution in [-0.4, -0.2) is 33.7 Å². The Labute approximate surface area is 76.5 Å². The second-order valence-corrected chi connectivity index (χ2v) is 3.09. The molecule has 2 heterocycles. The summed E-state index contributed by atoms with van der Waals surface area (Å²) in [6.07, 6.45) is 5.01. The first-order chi connectivity index (χ1) is 6.31. The minimum Gasteiger partial charge on any atom is -0.335 e. The van der Waals surface area contributed by atoms with Gasteiger partial charge in [-0.1, -0.05) is 6.58 Å². The van der Waals surface area contributed by atoms with E-state index in [-0.39, 0.29) is 5.91 Å². The first-order valence-electron chi connectivity index (χ1n) is 4.21. The van der Waals surface area contributed by atoms with Gasteiger partial charge in [0.05, 0.1) is 6.04 Å². The fraction of sp³-hybridized carbons (Fsp3) is 0.333. The predicted octanol–water partition coefficient (Wildman–Crippen LogP) is 0.452. The molecule has 0 radical (unpaired) electrons. The van der Waals surface area contributed by atoms with E-state index in [0.717, 1.165) is 13.1 Å². The van der Waals surface area contributed by atoms with Crippen molar-refractivity contribution in [2.75, 3.05) is 13.1 Å². The van der Waals surface area contributed by atoms with Gasteiger partial charge in [-0.2, -0.15) is 5.10 Å². The molecule has 13 heavy (non-hydrogen) atoms. The Morgan fingerprint density at radius 3 is 2.92 bits per heavy atom. The molecule has 68 valence electrons. The van der Waals surface area contributed by atoms with Gasteiger partial charge in [0.25, 0.3) is 0 Å². The summed E-state index contributed by atoms with van der Waals surface area (Å²) < 4.78 is 1.88. The number of nitrogens with zero attached hydrogens (tertiary/aromatic N) is 3. The van der Waals surface area contributed by atoms with E-state index in [1.165, 1.54) is 6.08 Å². The van der Waals surface area contributed by atoms with Crippen LogP contribution >= 0.6 is 0 Å². The zero-order valence-electron chi connectivity index (χ0n) is 7.26. The maximum atomic E-state index is 11.1. The Morgan fingerprint density at radius 2 is 2.38 bits per heavy atom. The highest BCUT2D eigenvalue weighted by molar-refractivity contribution is 5.87. The first kappa shape index (κ1) is 8.04. The van der Waals surface area contributed by atoms with Crippen molar-refractivity contribution >= 4 is 5.91 Å². The van der Waals surface area contributed by atoms with Gasteiger partial charge < -0.3 is 4.90 Å². The zero-order valence-corrected chi connectivity index (χ0v) is 7.26. The van der Waals surface area contributed by atoms with E-state index in [0.29, 0.717) is 6.04 Å². The largest absolute Gasteiger partial charge is 0.335 e. The molecular weight excluding hydrogens is 166 g/mol. The molecule has 0 unspecified atom stereocenters. The van der Waals surface area contributed by atoms with E-state index in [1.807, 2.05) is 16.9 Å². The standard InChI is InChI=1S/C9H11N3O/c1-2-9(13)11-6-8(7-11)12-5-3-4-10-12/h2-5,8H,1,6-7H2. The zero-order chi connectivity index (χ0) is 9.26. The Kier molecular flexibility index (Phi) is 1.88. The van der Waals surface area contributed by atoms with Crippen molar-refractivity contribution in [3.05, 3.63) is 31.1 Å².